The first-order valence-electron chi connectivity index (χ1n) is 6.96. The van der Waals surface area contributed by atoms with Gasteiger partial charge in [-0.2, -0.15) is 0 Å². The van der Waals surface area contributed by atoms with Crippen molar-refractivity contribution in [1.29, 1.82) is 0 Å². The molecule has 0 saturated heterocycles. The highest BCUT2D eigenvalue weighted by atomic mass is 16.1. The molecule has 0 saturated carbocycles. The standard InChI is InChI=1S/C19H16NO/c21-19(17-9-5-2-6-10-17)18-11-13-20(14-12-18)15-16-7-3-1-4-8-16/h1-14H,15H2/q+1. The molecule has 102 valence electrons. The minimum absolute atomic E-state index is 0.0578. The lowest BCUT2D eigenvalue weighted by atomic mass is 10.0. The van der Waals surface area contributed by atoms with Crippen LogP contribution >= 0.6 is 0 Å². The monoisotopic (exact) mass is 274 g/mol. The molecule has 2 nitrogen and oxygen atoms in total. The van der Waals surface area contributed by atoms with Crippen molar-refractivity contribution < 1.29 is 9.36 Å². The van der Waals surface area contributed by atoms with Crippen LogP contribution in [0.3, 0.4) is 0 Å². The highest BCUT2D eigenvalue weighted by molar-refractivity contribution is 6.08. The summed E-state index contributed by atoms with van der Waals surface area (Å²) in [4.78, 5) is 12.3. The number of aromatic nitrogens is 1. The van der Waals surface area contributed by atoms with Crippen molar-refractivity contribution in [2.24, 2.45) is 0 Å². The zero-order chi connectivity index (χ0) is 14.5. The summed E-state index contributed by atoms with van der Waals surface area (Å²) < 4.78 is 2.07. The molecule has 1 aromatic heterocycles. The predicted octanol–water partition coefficient (Wildman–Crippen LogP) is 3.25. The second-order valence-corrected chi connectivity index (χ2v) is 4.94. The van der Waals surface area contributed by atoms with Crippen LogP contribution in [-0.4, -0.2) is 5.78 Å². The fraction of sp³-hybridized carbons (Fsp3) is 0.0526. The minimum Gasteiger partial charge on any atom is -0.289 e. The molecule has 0 atom stereocenters. The van der Waals surface area contributed by atoms with E-state index < -0.39 is 0 Å². The van der Waals surface area contributed by atoms with Gasteiger partial charge in [0.25, 0.3) is 0 Å². The first kappa shape index (κ1) is 13.3. The highest BCUT2D eigenvalue weighted by Gasteiger charge is 2.10. The highest BCUT2D eigenvalue weighted by Crippen LogP contribution is 2.08. The van der Waals surface area contributed by atoms with Crippen LogP contribution in [-0.2, 0) is 6.54 Å². The molecule has 0 N–H and O–H groups in total. The summed E-state index contributed by atoms with van der Waals surface area (Å²) >= 11 is 0. The molecule has 2 heteroatoms. The second kappa shape index (κ2) is 6.14. The number of hydrogen-bond donors (Lipinski definition) is 0. The molecule has 0 bridgehead atoms. The van der Waals surface area contributed by atoms with Crippen molar-refractivity contribution in [2.45, 2.75) is 6.54 Å². The third-order valence-electron chi connectivity index (χ3n) is 3.40. The summed E-state index contributed by atoms with van der Waals surface area (Å²) in [5.41, 5.74) is 2.67. The van der Waals surface area contributed by atoms with Gasteiger partial charge in [-0.1, -0.05) is 60.7 Å². The molecular formula is C19H16NO+. The van der Waals surface area contributed by atoms with E-state index in [0.717, 1.165) is 12.1 Å². The molecule has 0 aliphatic rings. The third kappa shape index (κ3) is 3.23. The Labute approximate surface area is 124 Å². The topological polar surface area (TPSA) is 20.9 Å². The summed E-state index contributed by atoms with van der Waals surface area (Å²) in [5.74, 6) is 0.0578. The van der Waals surface area contributed by atoms with Gasteiger partial charge >= 0.3 is 0 Å². The Hall–Kier alpha value is -2.74. The maximum atomic E-state index is 12.3. The molecule has 21 heavy (non-hydrogen) atoms. The summed E-state index contributed by atoms with van der Waals surface area (Å²) in [7, 11) is 0. The fourth-order valence-electron chi connectivity index (χ4n) is 2.26. The molecule has 0 aliphatic carbocycles. The van der Waals surface area contributed by atoms with Crippen LogP contribution in [0.5, 0.6) is 0 Å². The van der Waals surface area contributed by atoms with Crippen LogP contribution in [0.15, 0.2) is 85.2 Å². The van der Waals surface area contributed by atoms with Gasteiger partial charge in [-0.25, -0.2) is 4.57 Å². The van der Waals surface area contributed by atoms with Crippen molar-refractivity contribution in [3.05, 3.63) is 102 Å². The van der Waals surface area contributed by atoms with E-state index in [0.29, 0.717) is 5.56 Å². The molecule has 0 amide bonds. The number of pyridine rings is 1. The van der Waals surface area contributed by atoms with Crippen LogP contribution in [0.25, 0.3) is 0 Å². The van der Waals surface area contributed by atoms with Gasteiger partial charge in [-0.15, -0.1) is 0 Å². The largest absolute Gasteiger partial charge is 0.289 e. The fourth-order valence-corrected chi connectivity index (χ4v) is 2.26. The van der Waals surface area contributed by atoms with E-state index in [1.807, 2.05) is 73.1 Å². The van der Waals surface area contributed by atoms with Crippen molar-refractivity contribution in [1.82, 2.24) is 0 Å². The van der Waals surface area contributed by atoms with Crippen LogP contribution in [0.2, 0.25) is 0 Å². The van der Waals surface area contributed by atoms with E-state index >= 15 is 0 Å². The molecule has 2 aromatic carbocycles. The molecular weight excluding hydrogens is 258 g/mol. The van der Waals surface area contributed by atoms with Crippen molar-refractivity contribution in [3.63, 3.8) is 0 Å². The predicted molar refractivity (Wildman–Crippen MR) is 82.1 cm³/mol. The summed E-state index contributed by atoms with van der Waals surface area (Å²) in [6.07, 6.45) is 3.90. The van der Waals surface area contributed by atoms with E-state index in [2.05, 4.69) is 16.7 Å². The number of carbonyl (C=O) groups is 1. The van der Waals surface area contributed by atoms with E-state index in [9.17, 15) is 4.79 Å². The molecule has 0 unspecified atom stereocenters. The summed E-state index contributed by atoms with van der Waals surface area (Å²) in [6, 6.07) is 23.4. The zero-order valence-electron chi connectivity index (χ0n) is 11.6. The second-order valence-electron chi connectivity index (χ2n) is 4.94. The third-order valence-corrected chi connectivity index (χ3v) is 3.40. The number of nitrogens with zero attached hydrogens (tertiary/aromatic N) is 1. The van der Waals surface area contributed by atoms with E-state index in [1.54, 1.807) is 0 Å². The SMILES string of the molecule is O=C(c1ccccc1)c1cc[n+](Cc2ccccc2)cc1. The van der Waals surface area contributed by atoms with Gasteiger partial charge in [0, 0.05) is 28.8 Å². The van der Waals surface area contributed by atoms with Crippen molar-refractivity contribution in [3.8, 4) is 0 Å². The average Bonchev–Trinajstić information content (AvgIpc) is 2.57. The van der Waals surface area contributed by atoms with Gasteiger partial charge in [0.2, 0.25) is 0 Å². The molecule has 3 aromatic rings. The Bertz CT molecular complexity index is 719. The zero-order valence-corrected chi connectivity index (χ0v) is 11.6. The molecule has 1 heterocycles. The van der Waals surface area contributed by atoms with Gasteiger partial charge in [0.15, 0.2) is 24.7 Å². The van der Waals surface area contributed by atoms with Gasteiger partial charge in [-0.05, 0) is 0 Å². The van der Waals surface area contributed by atoms with Crippen LogP contribution in [0, 0.1) is 0 Å². The van der Waals surface area contributed by atoms with Gasteiger partial charge in [0.1, 0.15) is 0 Å². The van der Waals surface area contributed by atoms with Gasteiger partial charge in [-0.3, -0.25) is 4.79 Å². The molecule has 0 fully saturated rings. The Balaban J connectivity index is 1.77. The Morgan fingerprint density at radius 3 is 1.86 bits per heavy atom. The average molecular weight is 274 g/mol. The van der Waals surface area contributed by atoms with Crippen molar-refractivity contribution >= 4 is 5.78 Å². The number of hydrogen-bond acceptors (Lipinski definition) is 1. The van der Waals surface area contributed by atoms with E-state index in [4.69, 9.17) is 0 Å². The van der Waals surface area contributed by atoms with Gasteiger partial charge < -0.3 is 0 Å². The lowest BCUT2D eigenvalue weighted by Gasteiger charge is -2.01. The lowest BCUT2D eigenvalue weighted by Crippen LogP contribution is -2.33. The summed E-state index contributed by atoms with van der Waals surface area (Å²) in [5, 5.41) is 0. The first-order valence-corrected chi connectivity index (χ1v) is 6.96. The number of rotatable bonds is 4. The lowest BCUT2D eigenvalue weighted by molar-refractivity contribution is -0.688. The quantitative estimate of drug-likeness (QED) is 0.528. The van der Waals surface area contributed by atoms with Gasteiger partial charge in [0.05, 0.1) is 0 Å². The molecule has 0 radical (unpaired) electrons. The normalized spacial score (nSPS) is 10.3. The smallest absolute Gasteiger partial charge is 0.193 e. The van der Waals surface area contributed by atoms with Crippen LogP contribution < -0.4 is 4.57 Å². The van der Waals surface area contributed by atoms with Crippen LogP contribution in [0.1, 0.15) is 21.5 Å². The maximum Gasteiger partial charge on any atom is 0.193 e. The minimum atomic E-state index is 0.0578. The van der Waals surface area contributed by atoms with E-state index in [-0.39, 0.29) is 5.78 Å². The van der Waals surface area contributed by atoms with E-state index in [1.165, 1.54) is 5.56 Å². The Morgan fingerprint density at radius 1 is 0.714 bits per heavy atom. The Kier molecular flexibility index (Phi) is 3.88. The van der Waals surface area contributed by atoms with Crippen LogP contribution in [0.4, 0.5) is 0 Å². The summed E-state index contributed by atoms with van der Waals surface area (Å²) in [6.45, 7) is 0.806. The first-order chi connectivity index (χ1) is 10.3. The number of ketones is 1. The number of carbonyl (C=O) groups excluding carboxylic acids is 1. The molecule has 3 rings (SSSR count). The Morgan fingerprint density at radius 2 is 1.24 bits per heavy atom. The molecule has 0 spiro atoms. The molecule has 0 aliphatic heterocycles. The van der Waals surface area contributed by atoms with Crippen molar-refractivity contribution in [2.75, 3.05) is 0 Å². The number of benzene rings is 2. The maximum absolute atomic E-state index is 12.3.